The van der Waals surface area contributed by atoms with Gasteiger partial charge in [-0.2, -0.15) is 0 Å². The molecule has 2 aliphatic heterocycles. The number of hydrogen-bond acceptors (Lipinski definition) is 6. The predicted molar refractivity (Wildman–Crippen MR) is 87.3 cm³/mol. The molecule has 0 aliphatic carbocycles. The molecule has 3 rings (SSSR count). The van der Waals surface area contributed by atoms with E-state index < -0.39 is 23.6 Å². The van der Waals surface area contributed by atoms with E-state index in [4.69, 9.17) is 14.2 Å². The van der Waals surface area contributed by atoms with E-state index in [0.717, 1.165) is 5.69 Å². The molecule has 0 fully saturated rings. The van der Waals surface area contributed by atoms with Gasteiger partial charge in [-0.1, -0.05) is 24.3 Å². The first-order valence-electron chi connectivity index (χ1n) is 7.63. The third-order valence-electron chi connectivity index (χ3n) is 4.38. The first-order valence-corrected chi connectivity index (χ1v) is 7.63. The lowest BCUT2D eigenvalue weighted by Crippen LogP contribution is -2.46. The van der Waals surface area contributed by atoms with Gasteiger partial charge in [-0.3, -0.25) is 0 Å². The molecule has 2 unspecified atom stereocenters. The van der Waals surface area contributed by atoms with E-state index in [1.54, 1.807) is 12.2 Å². The molecule has 126 valence electrons. The predicted octanol–water partition coefficient (Wildman–Crippen LogP) is 1.84. The Hall–Kier alpha value is -2.60. The normalized spacial score (nSPS) is 25.5. The van der Waals surface area contributed by atoms with Crippen molar-refractivity contribution in [3.8, 4) is 0 Å². The molecular formula is C18H19NO5. The summed E-state index contributed by atoms with van der Waals surface area (Å²) in [6.45, 7) is 1.89. The van der Waals surface area contributed by atoms with Gasteiger partial charge in [0.2, 0.25) is 0 Å². The van der Waals surface area contributed by atoms with Gasteiger partial charge in [0.05, 0.1) is 31.4 Å². The fourth-order valence-electron chi connectivity index (χ4n) is 3.22. The number of fused-ring (bicyclic) bond motifs is 2. The van der Waals surface area contributed by atoms with Crippen molar-refractivity contribution in [2.24, 2.45) is 0 Å². The third kappa shape index (κ3) is 2.39. The number of para-hydroxylation sites is 1. The van der Waals surface area contributed by atoms with Crippen molar-refractivity contribution in [3.63, 3.8) is 0 Å². The number of benzene rings is 1. The van der Waals surface area contributed by atoms with Crippen molar-refractivity contribution >= 4 is 17.6 Å². The van der Waals surface area contributed by atoms with Crippen molar-refractivity contribution in [2.45, 2.75) is 24.7 Å². The quantitative estimate of drug-likeness (QED) is 0.656. The van der Waals surface area contributed by atoms with Crippen LogP contribution in [0.15, 0.2) is 53.6 Å². The summed E-state index contributed by atoms with van der Waals surface area (Å²) in [6, 6.07) is 9.26. The molecule has 1 aromatic carbocycles. The van der Waals surface area contributed by atoms with E-state index >= 15 is 0 Å². The Balaban J connectivity index is 2.01. The minimum atomic E-state index is -1.07. The fourth-order valence-corrected chi connectivity index (χ4v) is 3.22. The van der Waals surface area contributed by atoms with Crippen molar-refractivity contribution in [1.29, 1.82) is 0 Å². The van der Waals surface area contributed by atoms with Gasteiger partial charge < -0.3 is 19.5 Å². The summed E-state index contributed by atoms with van der Waals surface area (Å²) in [7, 11) is 2.56. The highest BCUT2D eigenvalue weighted by molar-refractivity contribution is 6.05. The van der Waals surface area contributed by atoms with Gasteiger partial charge in [0.15, 0.2) is 0 Å². The lowest BCUT2D eigenvalue weighted by atomic mass is 9.82. The monoisotopic (exact) mass is 329 g/mol. The number of rotatable bonds is 5. The Bertz CT molecular complexity index is 724. The van der Waals surface area contributed by atoms with E-state index in [0.29, 0.717) is 0 Å². The van der Waals surface area contributed by atoms with Crippen LogP contribution in [-0.2, 0) is 23.8 Å². The van der Waals surface area contributed by atoms with Crippen LogP contribution in [0.3, 0.4) is 0 Å². The SMILES string of the molecule is COC(=O)C1=C(C(=O)OC)C2([C@H](C)Nc3ccccc3)C=CC1O2. The highest BCUT2D eigenvalue weighted by Crippen LogP contribution is 2.46. The average molecular weight is 329 g/mol. The molecule has 0 saturated heterocycles. The van der Waals surface area contributed by atoms with E-state index in [9.17, 15) is 9.59 Å². The van der Waals surface area contributed by atoms with Crippen molar-refractivity contribution in [1.82, 2.24) is 0 Å². The molecule has 3 atom stereocenters. The number of nitrogens with one attached hydrogen (secondary N) is 1. The first-order chi connectivity index (χ1) is 11.5. The van der Waals surface area contributed by atoms with Crippen molar-refractivity contribution in [2.75, 3.05) is 19.5 Å². The topological polar surface area (TPSA) is 73.9 Å². The number of methoxy groups -OCH3 is 2. The summed E-state index contributed by atoms with van der Waals surface area (Å²) in [5, 5.41) is 3.32. The Morgan fingerprint density at radius 2 is 1.83 bits per heavy atom. The number of hydrogen-bond donors (Lipinski definition) is 1. The maximum Gasteiger partial charge on any atom is 0.337 e. The molecule has 6 nitrogen and oxygen atoms in total. The van der Waals surface area contributed by atoms with Crippen LogP contribution in [0.4, 0.5) is 5.69 Å². The molecule has 0 amide bonds. The molecule has 0 saturated carbocycles. The van der Waals surface area contributed by atoms with Crippen LogP contribution in [0.2, 0.25) is 0 Å². The first kappa shape index (κ1) is 16.3. The maximum absolute atomic E-state index is 12.4. The molecule has 0 aromatic heterocycles. The maximum atomic E-state index is 12.4. The summed E-state index contributed by atoms with van der Waals surface area (Å²) in [5.41, 5.74) is 0.210. The zero-order valence-electron chi connectivity index (χ0n) is 13.7. The fraction of sp³-hybridized carbons (Fsp3) is 0.333. The Morgan fingerprint density at radius 1 is 1.17 bits per heavy atom. The van der Waals surface area contributed by atoms with Crippen LogP contribution in [0.5, 0.6) is 0 Å². The second-order valence-corrected chi connectivity index (χ2v) is 5.69. The summed E-state index contributed by atoms with van der Waals surface area (Å²) in [5.74, 6) is -1.18. The van der Waals surface area contributed by atoms with E-state index in [2.05, 4.69) is 5.32 Å². The standard InChI is InChI=1S/C18H19NO5/c1-11(19-12-7-5-4-6-8-12)18-10-9-13(24-18)14(16(20)22-2)15(18)17(21)23-3/h4-11,13,19H,1-3H3/t11-,13?,18?/m0/s1. The number of carbonyl (C=O) groups excluding carboxylic acids is 2. The van der Waals surface area contributed by atoms with Crippen LogP contribution < -0.4 is 5.32 Å². The smallest absolute Gasteiger partial charge is 0.337 e. The third-order valence-corrected chi connectivity index (χ3v) is 4.38. The zero-order valence-corrected chi connectivity index (χ0v) is 13.7. The van der Waals surface area contributed by atoms with Gasteiger partial charge in [0, 0.05) is 5.69 Å². The largest absolute Gasteiger partial charge is 0.466 e. The van der Waals surface area contributed by atoms with Gasteiger partial charge >= 0.3 is 11.9 Å². The Morgan fingerprint density at radius 3 is 2.46 bits per heavy atom. The second kappa shape index (κ2) is 6.13. The van der Waals surface area contributed by atoms with E-state index in [1.165, 1.54) is 14.2 Å². The highest BCUT2D eigenvalue weighted by atomic mass is 16.6. The lowest BCUT2D eigenvalue weighted by molar-refractivity contribution is -0.139. The van der Waals surface area contributed by atoms with Crippen LogP contribution in [0, 0.1) is 0 Å². The molecule has 24 heavy (non-hydrogen) atoms. The number of ether oxygens (including phenoxy) is 3. The van der Waals surface area contributed by atoms with Crippen molar-refractivity contribution < 1.29 is 23.8 Å². The molecular weight excluding hydrogens is 310 g/mol. The lowest BCUT2D eigenvalue weighted by Gasteiger charge is -2.33. The average Bonchev–Trinajstić information content (AvgIpc) is 3.19. The molecule has 2 aliphatic rings. The highest BCUT2D eigenvalue weighted by Gasteiger charge is 2.57. The van der Waals surface area contributed by atoms with Crippen molar-refractivity contribution in [3.05, 3.63) is 53.6 Å². The molecule has 1 aromatic rings. The number of carbonyl (C=O) groups is 2. The summed E-state index contributed by atoms with van der Waals surface area (Å²) < 4.78 is 15.7. The van der Waals surface area contributed by atoms with Crippen LogP contribution in [0.1, 0.15) is 6.92 Å². The van der Waals surface area contributed by atoms with Gasteiger partial charge in [-0.25, -0.2) is 9.59 Å². The van der Waals surface area contributed by atoms with Crippen LogP contribution in [-0.4, -0.2) is 43.9 Å². The van der Waals surface area contributed by atoms with Gasteiger partial charge in [-0.05, 0) is 25.1 Å². The van der Waals surface area contributed by atoms with Gasteiger partial charge in [0.1, 0.15) is 11.7 Å². The number of anilines is 1. The van der Waals surface area contributed by atoms with Gasteiger partial charge in [0.25, 0.3) is 0 Å². The summed E-state index contributed by atoms with van der Waals surface area (Å²) in [4.78, 5) is 24.5. The molecule has 0 spiro atoms. The summed E-state index contributed by atoms with van der Waals surface area (Å²) >= 11 is 0. The minimum absolute atomic E-state index is 0.195. The second-order valence-electron chi connectivity index (χ2n) is 5.69. The number of esters is 2. The Labute approximate surface area is 140 Å². The van der Waals surface area contributed by atoms with Crippen LogP contribution >= 0.6 is 0 Å². The van der Waals surface area contributed by atoms with Crippen LogP contribution in [0.25, 0.3) is 0 Å². The molecule has 1 N–H and O–H groups in total. The van der Waals surface area contributed by atoms with Gasteiger partial charge in [-0.15, -0.1) is 0 Å². The minimum Gasteiger partial charge on any atom is -0.466 e. The summed E-state index contributed by atoms with van der Waals surface area (Å²) in [6.07, 6.45) is 2.96. The molecule has 6 heteroatoms. The van der Waals surface area contributed by atoms with E-state index in [1.807, 2.05) is 37.3 Å². The Kier molecular flexibility index (Phi) is 4.15. The van der Waals surface area contributed by atoms with E-state index in [-0.39, 0.29) is 17.2 Å². The molecule has 2 bridgehead atoms. The molecule has 0 radical (unpaired) electrons. The zero-order chi connectivity index (χ0) is 17.3. The molecule has 2 heterocycles.